The molecule has 8 nitrogen and oxygen atoms in total. The molecular weight excluding hydrogens is 442 g/mol. The minimum Gasteiger partial charge on any atom is -0.452 e. The molecule has 4 rings (SSSR count). The summed E-state index contributed by atoms with van der Waals surface area (Å²) in [6, 6.07) is 14.4. The third-order valence-electron chi connectivity index (χ3n) is 5.22. The molecule has 0 saturated carbocycles. The van der Waals surface area contributed by atoms with E-state index in [9.17, 15) is 24.4 Å². The molecule has 1 N–H and O–H groups in total. The lowest BCUT2D eigenvalue weighted by molar-refractivity contribution is -0.119. The summed E-state index contributed by atoms with van der Waals surface area (Å²) in [5, 5.41) is 12.3. The number of carbonyl (C=O) groups is 4. The maximum atomic E-state index is 12.7. The standard InChI is InChI=1S/C24H17N3O5S/c1-13-14(2)33-21(19(13)11-25)26-20(28)12-32-24(31)15-6-5-7-16(10-15)27-22(29)17-8-3-4-9-18(17)23(27)30/h3-10H,12H2,1-2H3,(H,26,28). The van der Waals surface area contributed by atoms with Gasteiger partial charge in [0.2, 0.25) is 0 Å². The Balaban J connectivity index is 1.44. The van der Waals surface area contributed by atoms with E-state index in [2.05, 4.69) is 11.4 Å². The van der Waals surface area contributed by atoms with E-state index in [1.807, 2.05) is 6.92 Å². The van der Waals surface area contributed by atoms with Crippen molar-refractivity contribution < 1.29 is 23.9 Å². The zero-order chi connectivity index (χ0) is 23.7. The number of fused-ring (bicyclic) bond motifs is 1. The van der Waals surface area contributed by atoms with Crippen LogP contribution in [0.15, 0.2) is 48.5 Å². The van der Waals surface area contributed by atoms with Crippen molar-refractivity contribution in [2.24, 2.45) is 0 Å². The van der Waals surface area contributed by atoms with Gasteiger partial charge < -0.3 is 10.1 Å². The second-order valence-electron chi connectivity index (χ2n) is 7.27. The van der Waals surface area contributed by atoms with Crippen molar-refractivity contribution >= 4 is 45.7 Å². The van der Waals surface area contributed by atoms with Gasteiger partial charge >= 0.3 is 5.97 Å². The Morgan fingerprint density at radius 1 is 1.06 bits per heavy atom. The van der Waals surface area contributed by atoms with Gasteiger partial charge in [0.15, 0.2) is 6.61 Å². The van der Waals surface area contributed by atoms with Crippen LogP contribution in [-0.4, -0.2) is 30.3 Å². The number of benzene rings is 2. The first-order chi connectivity index (χ1) is 15.8. The summed E-state index contributed by atoms with van der Waals surface area (Å²) in [4.78, 5) is 52.0. The van der Waals surface area contributed by atoms with E-state index < -0.39 is 30.3 Å². The number of ether oxygens (including phenoxy) is 1. The van der Waals surface area contributed by atoms with Crippen LogP contribution in [0.1, 0.15) is 47.1 Å². The number of thiophene rings is 1. The van der Waals surface area contributed by atoms with E-state index in [-0.39, 0.29) is 11.3 Å². The van der Waals surface area contributed by atoms with E-state index in [0.717, 1.165) is 15.3 Å². The zero-order valence-corrected chi connectivity index (χ0v) is 18.5. The highest BCUT2D eigenvalue weighted by Crippen LogP contribution is 2.32. The van der Waals surface area contributed by atoms with Gasteiger partial charge in [0, 0.05) is 4.88 Å². The van der Waals surface area contributed by atoms with Gasteiger partial charge in [-0.05, 0) is 49.7 Å². The third-order valence-corrected chi connectivity index (χ3v) is 6.34. The van der Waals surface area contributed by atoms with Gasteiger partial charge in [-0.2, -0.15) is 5.26 Å². The van der Waals surface area contributed by atoms with Crippen LogP contribution in [0.25, 0.3) is 0 Å². The summed E-state index contributed by atoms with van der Waals surface area (Å²) < 4.78 is 5.09. The Morgan fingerprint density at radius 3 is 2.36 bits per heavy atom. The second-order valence-corrected chi connectivity index (χ2v) is 8.49. The van der Waals surface area contributed by atoms with Gasteiger partial charge in [-0.15, -0.1) is 11.3 Å². The van der Waals surface area contributed by atoms with E-state index in [1.165, 1.54) is 35.6 Å². The van der Waals surface area contributed by atoms with Crippen molar-refractivity contribution in [1.29, 1.82) is 5.26 Å². The number of rotatable bonds is 5. The highest BCUT2D eigenvalue weighted by Gasteiger charge is 2.36. The first-order valence-electron chi connectivity index (χ1n) is 9.86. The van der Waals surface area contributed by atoms with E-state index in [4.69, 9.17) is 4.74 Å². The molecule has 9 heteroatoms. The Kier molecular flexibility index (Phi) is 5.77. The molecule has 0 aliphatic carbocycles. The normalized spacial score (nSPS) is 12.3. The molecule has 0 bridgehead atoms. The number of anilines is 2. The van der Waals surface area contributed by atoms with Gasteiger partial charge in [-0.3, -0.25) is 14.4 Å². The van der Waals surface area contributed by atoms with Crippen LogP contribution in [0.3, 0.4) is 0 Å². The van der Waals surface area contributed by atoms with Crippen molar-refractivity contribution in [3.05, 3.63) is 81.2 Å². The summed E-state index contributed by atoms with van der Waals surface area (Å²) in [6.45, 7) is 3.08. The molecule has 0 saturated heterocycles. The van der Waals surface area contributed by atoms with Crippen molar-refractivity contribution in [3.8, 4) is 6.07 Å². The molecular formula is C24H17N3O5S. The molecule has 2 heterocycles. The van der Waals surface area contributed by atoms with Crippen LogP contribution in [0, 0.1) is 25.2 Å². The van der Waals surface area contributed by atoms with Crippen LogP contribution < -0.4 is 10.2 Å². The fraction of sp³-hybridized carbons (Fsp3) is 0.125. The minimum absolute atomic E-state index is 0.0809. The topological polar surface area (TPSA) is 117 Å². The first-order valence-corrected chi connectivity index (χ1v) is 10.7. The van der Waals surface area contributed by atoms with Crippen LogP contribution in [0.2, 0.25) is 0 Å². The number of aryl methyl sites for hydroxylation is 1. The smallest absolute Gasteiger partial charge is 0.338 e. The summed E-state index contributed by atoms with van der Waals surface area (Å²) >= 11 is 1.27. The monoisotopic (exact) mass is 459 g/mol. The zero-order valence-electron chi connectivity index (χ0n) is 17.7. The Hall–Kier alpha value is -4.29. The molecule has 1 aliphatic rings. The largest absolute Gasteiger partial charge is 0.452 e. The van der Waals surface area contributed by atoms with Crippen LogP contribution in [-0.2, 0) is 9.53 Å². The van der Waals surface area contributed by atoms with Crippen LogP contribution in [0.4, 0.5) is 10.7 Å². The van der Waals surface area contributed by atoms with Crippen molar-refractivity contribution in [2.75, 3.05) is 16.8 Å². The number of imide groups is 1. The second kappa shape index (κ2) is 8.68. The molecule has 0 radical (unpaired) electrons. The predicted molar refractivity (Wildman–Crippen MR) is 121 cm³/mol. The molecule has 2 aromatic carbocycles. The van der Waals surface area contributed by atoms with Crippen molar-refractivity contribution in [3.63, 3.8) is 0 Å². The lowest BCUT2D eigenvalue weighted by atomic mass is 10.1. The van der Waals surface area contributed by atoms with Gasteiger partial charge in [0.1, 0.15) is 11.1 Å². The van der Waals surface area contributed by atoms with Crippen LogP contribution in [0.5, 0.6) is 0 Å². The van der Waals surface area contributed by atoms with E-state index >= 15 is 0 Å². The number of carbonyl (C=O) groups excluding carboxylic acids is 4. The third kappa shape index (κ3) is 4.00. The number of nitrogens with one attached hydrogen (secondary N) is 1. The summed E-state index contributed by atoms with van der Waals surface area (Å²) in [5.74, 6) is -2.33. The van der Waals surface area contributed by atoms with E-state index in [0.29, 0.717) is 21.7 Å². The molecule has 3 aromatic rings. The Bertz CT molecular complexity index is 1330. The molecule has 1 aliphatic heterocycles. The molecule has 0 unspecified atom stereocenters. The fourth-order valence-electron chi connectivity index (χ4n) is 3.42. The van der Waals surface area contributed by atoms with Crippen molar-refractivity contribution in [2.45, 2.75) is 13.8 Å². The summed E-state index contributed by atoms with van der Waals surface area (Å²) in [5.41, 5.74) is 2.07. The minimum atomic E-state index is -0.789. The highest BCUT2D eigenvalue weighted by molar-refractivity contribution is 7.16. The molecule has 0 atom stereocenters. The average molecular weight is 459 g/mol. The molecule has 3 amide bonds. The number of hydrogen-bond donors (Lipinski definition) is 1. The lowest BCUT2D eigenvalue weighted by Crippen LogP contribution is -2.29. The summed E-state index contributed by atoms with van der Waals surface area (Å²) in [6.07, 6.45) is 0. The van der Waals surface area contributed by atoms with Gasteiger partial charge in [0.05, 0.1) is 27.9 Å². The fourth-order valence-corrected chi connectivity index (χ4v) is 4.45. The van der Waals surface area contributed by atoms with Crippen LogP contribution >= 0.6 is 11.3 Å². The SMILES string of the molecule is Cc1sc(NC(=O)COC(=O)c2cccc(N3C(=O)c4ccccc4C3=O)c2)c(C#N)c1C. The maximum Gasteiger partial charge on any atom is 0.338 e. The first kappa shape index (κ1) is 21.9. The Morgan fingerprint density at radius 2 is 1.73 bits per heavy atom. The molecule has 0 spiro atoms. The van der Waals surface area contributed by atoms with Gasteiger partial charge in [-0.1, -0.05) is 18.2 Å². The quantitative estimate of drug-likeness (QED) is 0.458. The number of nitriles is 1. The van der Waals surface area contributed by atoms with E-state index in [1.54, 1.807) is 31.2 Å². The van der Waals surface area contributed by atoms with Gasteiger partial charge in [-0.25, -0.2) is 9.69 Å². The molecule has 33 heavy (non-hydrogen) atoms. The number of esters is 1. The summed E-state index contributed by atoms with van der Waals surface area (Å²) in [7, 11) is 0. The molecule has 0 fully saturated rings. The molecule has 1 aromatic heterocycles. The maximum absolute atomic E-state index is 12.7. The van der Waals surface area contributed by atoms with Gasteiger partial charge in [0.25, 0.3) is 17.7 Å². The van der Waals surface area contributed by atoms with Crippen molar-refractivity contribution in [1.82, 2.24) is 0 Å². The average Bonchev–Trinajstić information content (AvgIpc) is 3.23. The number of nitrogens with zero attached hydrogens (tertiary/aromatic N) is 2. The highest BCUT2D eigenvalue weighted by atomic mass is 32.1. The lowest BCUT2D eigenvalue weighted by Gasteiger charge is -2.14. The Labute approximate surface area is 193 Å². The predicted octanol–water partition coefficient (Wildman–Crippen LogP) is 3.83. The number of hydrogen-bond acceptors (Lipinski definition) is 7. The molecule has 164 valence electrons. The number of amides is 3.